The lowest BCUT2D eigenvalue weighted by Crippen LogP contribution is -2.50. The smallest absolute Gasteiger partial charge is 0.159 e. The quantitative estimate of drug-likeness (QED) is 0.841. The molecule has 0 heterocycles. The summed E-state index contributed by atoms with van der Waals surface area (Å²) in [6, 6.07) is 4.66. The molecule has 2 aliphatic carbocycles. The van der Waals surface area contributed by atoms with E-state index in [1.165, 1.54) is 31.4 Å². The molecule has 3 heteroatoms. The van der Waals surface area contributed by atoms with Crippen LogP contribution < -0.4 is 5.32 Å². The summed E-state index contributed by atoms with van der Waals surface area (Å²) in [5, 5.41) is 3.71. The summed E-state index contributed by atoms with van der Waals surface area (Å²) in [5.41, 5.74) is 1.41. The van der Waals surface area contributed by atoms with Gasteiger partial charge in [0.1, 0.15) is 0 Å². The van der Waals surface area contributed by atoms with Crippen LogP contribution in [0.5, 0.6) is 0 Å². The number of hydrogen-bond acceptors (Lipinski definition) is 1. The van der Waals surface area contributed by atoms with Crippen LogP contribution >= 0.6 is 0 Å². The van der Waals surface area contributed by atoms with Crippen molar-refractivity contribution in [2.24, 2.45) is 16.7 Å². The highest BCUT2D eigenvalue weighted by Gasteiger charge is 2.59. The predicted molar refractivity (Wildman–Crippen MR) is 80.9 cm³/mol. The average Bonchev–Trinajstić information content (AvgIpc) is 2.89. The standard InChI is InChI=1S/C18H25F2N/c1-11(12-5-6-14(19)15(20)9-12)21-16-17(2,3)13-7-8-18(16,4)10-13/h5-6,9,11,13,16,21H,7-8,10H2,1-4H3/t11?,13-,16?,18+/m0/s1. The third-order valence-corrected chi connectivity index (χ3v) is 6.13. The second-order valence-corrected chi connectivity index (χ2v) is 7.91. The Morgan fingerprint density at radius 2 is 1.90 bits per heavy atom. The summed E-state index contributed by atoms with van der Waals surface area (Å²) >= 11 is 0. The number of halogens is 2. The maximum absolute atomic E-state index is 13.4. The van der Waals surface area contributed by atoms with Gasteiger partial charge in [-0.3, -0.25) is 0 Å². The Morgan fingerprint density at radius 3 is 2.48 bits per heavy atom. The van der Waals surface area contributed by atoms with Gasteiger partial charge in [0.05, 0.1) is 0 Å². The lowest BCUT2D eigenvalue weighted by atomic mass is 9.68. The van der Waals surface area contributed by atoms with E-state index in [4.69, 9.17) is 0 Å². The molecule has 2 bridgehead atoms. The van der Waals surface area contributed by atoms with Crippen LogP contribution in [0.1, 0.15) is 58.6 Å². The molecule has 0 amide bonds. The molecule has 1 nitrogen and oxygen atoms in total. The fraction of sp³-hybridized carbons (Fsp3) is 0.667. The second kappa shape index (κ2) is 4.77. The van der Waals surface area contributed by atoms with Gasteiger partial charge in [0.15, 0.2) is 11.6 Å². The van der Waals surface area contributed by atoms with Crippen molar-refractivity contribution in [3.05, 3.63) is 35.4 Å². The lowest BCUT2D eigenvalue weighted by molar-refractivity contribution is 0.100. The first-order valence-corrected chi connectivity index (χ1v) is 7.95. The first-order chi connectivity index (χ1) is 9.74. The Morgan fingerprint density at radius 1 is 1.19 bits per heavy atom. The Bertz CT molecular complexity index is 549. The van der Waals surface area contributed by atoms with Gasteiger partial charge in [-0.25, -0.2) is 8.78 Å². The van der Waals surface area contributed by atoms with Crippen LogP contribution in [0, 0.1) is 28.4 Å². The molecule has 21 heavy (non-hydrogen) atoms. The fourth-order valence-electron chi connectivity index (χ4n) is 4.85. The van der Waals surface area contributed by atoms with Gasteiger partial charge in [-0.15, -0.1) is 0 Å². The van der Waals surface area contributed by atoms with Gasteiger partial charge in [-0.05, 0) is 60.6 Å². The van der Waals surface area contributed by atoms with Crippen molar-refractivity contribution in [3.63, 3.8) is 0 Å². The van der Waals surface area contributed by atoms with Crippen molar-refractivity contribution >= 4 is 0 Å². The van der Waals surface area contributed by atoms with E-state index in [9.17, 15) is 8.78 Å². The number of rotatable bonds is 3. The number of hydrogen-bond donors (Lipinski definition) is 1. The maximum Gasteiger partial charge on any atom is 0.159 e. The minimum atomic E-state index is -0.779. The number of fused-ring (bicyclic) bond motifs is 2. The number of benzene rings is 1. The van der Waals surface area contributed by atoms with Gasteiger partial charge in [0.25, 0.3) is 0 Å². The SMILES string of the molecule is CC(NC1C(C)(C)[C@H]2CC[C@]1(C)C2)c1ccc(F)c(F)c1. The molecule has 2 aliphatic rings. The van der Waals surface area contributed by atoms with Crippen molar-refractivity contribution in [1.82, 2.24) is 5.32 Å². The zero-order valence-corrected chi connectivity index (χ0v) is 13.3. The van der Waals surface area contributed by atoms with Crippen LogP contribution in [0.25, 0.3) is 0 Å². The molecular weight excluding hydrogens is 268 g/mol. The van der Waals surface area contributed by atoms with E-state index in [0.717, 1.165) is 11.5 Å². The van der Waals surface area contributed by atoms with Crippen LogP contribution in [0.2, 0.25) is 0 Å². The van der Waals surface area contributed by atoms with Gasteiger partial charge < -0.3 is 5.32 Å². The molecule has 0 saturated heterocycles. The second-order valence-electron chi connectivity index (χ2n) is 7.91. The molecule has 0 aliphatic heterocycles. The molecule has 3 rings (SSSR count). The van der Waals surface area contributed by atoms with Gasteiger partial charge in [0, 0.05) is 12.1 Å². The summed E-state index contributed by atoms with van der Waals surface area (Å²) < 4.78 is 26.5. The van der Waals surface area contributed by atoms with E-state index in [1.807, 2.05) is 6.92 Å². The molecule has 2 fully saturated rings. The molecule has 2 unspecified atom stereocenters. The summed E-state index contributed by atoms with van der Waals surface area (Å²) in [6.45, 7) is 9.10. The first kappa shape index (κ1) is 15.0. The molecule has 0 radical (unpaired) electrons. The third-order valence-electron chi connectivity index (χ3n) is 6.13. The van der Waals surface area contributed by atoms with Gasteiger partial charge in [-0.1, -0.05) is 26.8 Å². The van der Waals surface area contributed by atoms with Gasteiger partial charge in [0.2, 0.25) is 0 Å². The van der Waals surface area contributed by atoms with Crippen LogP contribution in [0.4, 0.5) is 8.78 Å². The largest absolute Gasteiger partial charge is 0.306 e. The van der Waals surface area contributed by atoms with Crippen LogP contribution in [-0.2, 0) is 0 Å². The Kier molecular flexibility index (Phi) is 3.40. The molecule has 4 atom stereocenters. The summed E-state index contributed by atoms with van der Waals surface area (Å²) in [7, 11) is 0. The molecule has 1 aromatic rings. The number of nitrogens with one attached hydrogen (secondary N) is 1. The molecule has 1 N–H and O–H groups in total. The summed E-state index contributed by atoms with van der Waals surface area (Å²) in [4.78, 5) is 0. The highest BCUT2D eigenvalue weighted by molar-refractivity contribution is 5.22. The van der Waals surface area contributed by atoms with E-state index in [2.05, 4.69) is 26.1 Å². The van der Waals surface area contributed by atoms with Crippen molar-refractivity contribution in [3.8, 4) is 0 Å². The molecular formula is C18H25F2N. The van der Waals surface area contributed by atoms with E-state index in [1.54, 1.807) is 6.07 Å². The Balaban J connectivity index is 1.81. The van der Waals surface area contributed by atoms with Crippen LogP contribution in [-0.4, -0.2) is 6.04 Å². The van der Waals surface area contributed by atoms with Crippen molar-refractivity contribution < 1.29 is 8.78 Å². The third kappa shape index (κ3) is 2.30. The topological polar surface area (TPSA) is 12.0 Å². The molecule has 1 aromatic carbocycles. The maximum atomic E-state index is 13.4. The normalized spacial score (nSPS) is 35.1. The van der Waals surface area contributed by atoms with E-state index in [0.29, 0.717) is 11.5 Å². The Labute approximate surface area is 126 Å². The lowest BCUT2D eigenvalue weighted by Gasteiger charge is -2.44. The average molecular weight is 293 g/mol. The van der Waals surface area contributed by atoms with Gasteiger partial charge >= 0.3 is 0 Å². The van der Waals surface area contributed by atoms with Crippen molar-refractivity contribution in [1.29, 1.82) is 0 Å². The monoisotopic (exact) mass is 293 g/mol. The Hall–Kier alpha value is -0.960. The zero-order valence-electron chi connectivity index (χ0n) is 13.3. The molecule has 116 valence electrons. The van der Waals surface area contributed by atoms with Crippen molar-refractivity contribution in [2.75, 3.05) is 0 Å². The predicted octanol–water partition coefficient (Wildman–Crippen LogP) is 4.83. The van der Waals surface area contributed by atoms with Crippen LogP contribution in [0.15, 0.2) is 18.2 Å². The minimum Gasteiger partial charge on any atom is -0.306 e. The molecule has 2 saturated carbocycles. The fourth-order valence-corrected chi connectivity index (χ4v) is 4.85. The van der Waals surface area contributed by atoms with E-state index >= 15 is 0 Å². The summed E-state index contributed by atoms with van der Waals surface area (Å²) in [5.74, 6) is -0.769. The summed E-state index contributed by atoms with van der Waals surface area (Å²) in [6.07, 6.45) is 3.87. The van der Waals surface area contributed by atoms with Crippen molar-refractivity contribution in [2.45, 2.75) is 59.0 Å². The zero-order chi connectivity index (χ0) is 15.4. The minimum absolute atomic E-state index is 0.0283. The first-order valence-electron chi connectivity index (χ1n) is 7.95. The van der Waals surface area contributed by atoms with Gasteiger partial charge in [-0.2, -0.15) is 0 Å². The molecule has 0 spiro atoms. The molecule has 0 aromatic heterocycles. The van der Waals surface area contributed by atoms with E-state index < -0.39 is 11.6 Å². The van der Waals surface area contributed by atoms with Crippen LogP contribution in [0.3, 0.4) is 0 Å². The van der Waals surface area contributed by atoms with E-state index in [-0.39, 0.29) is 11.5 Å². The highest BCUT2D eigenvalue weighted by atomic mass is 19.2. The highest BCUT2D eigenvalue weighted by Crippen LogP contribution is 2.62.